The summed E-state index contributed by atoms with van der Waals surface area (Å²) in [6, 6.07) is 8.13. The number of carbonyl (C=O) groups is 1. The summed E-state index contributed by atoms with van der Waals surface area (Å²) in [6.07, 6.45) is 0.0684. The Morgan fingerprint density at radius 3 is 2.68 bits per heavy atom. The molecule has 3 rings (SSSR count). The summed E-state index contributed by atoms with van der Waals surface area (Å²) in [5.74, 6) is 0.222. The number of rotatable bonds is 5. The van der Waals surface area contributed by atoms with Gasteiger partial charge in [-0.1, -0.05) is 0 Å². The van der Waals surface area contributed by atoms with Gasteiger partial charge < -0.3 is 9.47 Å². The first-order chi connectivity index (χ1) is 11.9. The summed E-state index contributed by atoms with van der Waals surface area (Å²) in [7, 11) is 0. The SMILES string of the molecule is Cc1csc2nc(COC(=O)c3ccc(OC(C)C)cc3)cc(=O)n12. The van der Waals surface area contributed by atoms with Gasteiger partial charge in [0.25, 0.3) is 5.56 Å². The molecule has 25 heavy (non-hydrogen) atoms. The van der Waals surface area contributed by atoms with Crippen molar-refractivity contribution >= 4 is 22.3 Å². The standard InChI is InChI=1S/C18H18N2O4S/c1-11(2)24-15-6-4-13(5-7-15)17(22)23-9-14-8-16(21)20-12(3)10-25-18(20)19-14/h4-8,10-11H,9H2,1-3H3. The smallest absolute Gasteiger partial charge is 0.338 e. The molecule has 0 bridgehead atoms. The molecule has 3 aromatic rings. The predicted octanol–water partition coefficient (Wildman–Crippen LogP) is 3.21. The summed E-state index contributed by atoms with van der Waals surface area (Å²) < 4.78 is 12.3. The maximum absolute atomic E-state index is 12.1. The molecule has 0 fully saturated rings. The van der Waals surface area contributed by atoms with Gasteiger partial charge in [-0.05, 0) is 45.0 Å². The second kappa shape index (κ2) is 7.06. The van der Waals surface area contributed by atoms with Gasteiger partial charge in [0.2, 0.25) is 0 Å². The Morgan fingerprint density at radius 1 is 1.28 bits per heavy atom. The van der Waals surface area contributed by atoms with E-state index in [1.54, 1.807) is 24.3 Å². The minimum absolute atomic E-state index is 0.0498. The highest BCUT2D eigenvalue weighted by Gasteiger charge is 2.11. The first-order valence-electron chi connectivity index (χ1n) is 7.84. The maximum atomic E-state index is 12.1. The molecule has 0 aliphatic carbocycles. The molecule has 0 atom stereocenters. The molecule has 0 aliphatic heterocycles. The van der Waals surface area contributed by atoms with Gasteiger partial charge in [-0.25, -0.2) is 9.78 Å². The lowest BCUT2D eigenvalue weighted by molar-refractivity contribution is 0.0467. The fourth-order valence-corrected chi connectivity index (χ4v) is 3.23. The summed E-state index contributed by atoms with van der Waals surface area (Å²) in [4.78, 5) is 29.2. The number of benzene rings is 1. The van der Waals surface area contributed by atoms with Crippen LogP contribution in [0.2, 0.25) is 0 Å². The second-order valence-corrected chi connectivity index (χ2v) is 6.68. The maximum Gasteiger partial charge on any atom is 0.338 e. The number of aryl methyl sites for hydroxylation is 1. The normalized spacial score (nSPS) is 11.0. The molecular formula is C18H18N2O4S. The van der Waals surface area contributed by atoms with E-state index in [-0.39, 0.29) is 18.3 Å². The van der Waals surface area contributed by atoms with Gasteiger partial charge in [-0.2, -0.15) is 0 Å². The Kier molecular flexibility index (Phi) is 4.85. The first-order valence-corrected chi connectivity index (χ1v) is 8.72. The van der Waals surface area contributed by atoms with Gasteiger partial charge >= 0.3 is 5.97 Å². The van der Waals surface area contributed by atoms with Crippen molar-refractivity contribution in [2.24, 2.45) is 0 Å². The summed E-state index contributed by atoms with van der Waals surface area (Å²) in [5.41, 5.74) is 1.51. The molecule has 0 saturated heterocycles. The Bertz CT molecular complexity index is 957. The van der Waals surface area contributed by atoms with Crippen LogP contribution in [0.3, 0.4) is 0 Å². The topological polar surface area (TPSA) is 69.9 Å². The highest BCUT2D eigenvalue weighted by molar-refractivity contribution is 7.15. The summed E-state index contributed by atoms with van der Waals surface area (Å²) in [6.45, 7) is 5.66. The molecule has 0 amide bonds. The van der Waals surface area contributed by atoms with Crippen molar-refractivity contribution in [3.8, 4) is 5.75 Å². The van der Waals surface area contributed by atoms with Crippen LogP contribution in [-0.2, 0) is 11.3 Å². The van der Waals surface area contributed by atoms with E-state index in [4.69, 9.17) is 9.47 Å². The quantitative estimate of drug-likeness (QED) is 0.655. The lowest BCUT2D eigenvalue weighted by Gasteiger charge is -2.10. The molecule has 0 spiro atoms. The van der Waals surface area contributed by atoms with Crippen LogP contribution in [-0.4, -0.2) is 21.5 Å². The number of carbonyl (C=O) groups excluding carboxylic acids is 1. The van der Waals surface area contributed by atoms with Crippen molar-refractivity contribution in [2.75, 3.05) is 0 Å². The average molecular weight is 358 g/mol. The largest absolute Gasteiger partial charge is 0.491 e. The number of esters is 1. The molecule has 6 nitrogen and oxygen atoms in total. The highest BCUT2D eigenvalue weighted by Crippen LogP contribution is 2.15. The Morgan fingerprint density at radius 2 is 2.00 bits per heavy atom. The van der Waals surface area contributed by atoms with E-state index in [0.717, 1.165) is 5.69 Å². The number of nitrogens with zero attached hydrogens (tertiary/aromatic N) is 2. The van der Waals surface area contributed by atoms with Crippen LogP contribution in [0.15, 0.2) is 40.5 Å². The van der Waals surface area contributed by atoms with Crippen LogP contribution >= 0.6 is 11.3 Å². The first kappa shape index (κ1) is 17.2. The molecule has 0 saturated carbocycles. The molecule has 0 radical (unpaired) electrons. The van der Waals surface area contributed by atoms with Gasteiger partial charge in [0.1, 0.15) is 12.4 Å². The van der Waals surface area contributed by atoms with Crippen LogP contribution < -0.4 is 10.3 Å². The Hall–Kier alpha value is -2.67. The molecular weight excluding hydrogens is 340 g/mol. The molecule has 0 aliphatic rings. The third-order valence-corrected chi connectivity index (χ3v) is 4.39. The van der Waals surface area contributed by atoms with E-state index < -0.39 is 5.97 Å². The fraction of sp³-hybridized carbons (Fsp3) is 0.278. The van der Waals surface area contributed by atoms with Gasteiger partial charge in [0.15, 0.2) is 4.96 Å². The Labute approximate surface area is 148 Å². The molecule has 1 aromatic carbocycles. The molecule has 7 heteroatoms. The van der Waals surface area contributed by atoms with Gasteiger partial charge in [-0.15, -0.1) is 11.3 Å². The number of hydrogen-bond donors (Lipinski definition) is 0. The van der Waals surface area contributed by atoms with Gasteiger partial charge in [0, 0.05) is 17.1 Å². The highest BCUT2D eigenvalue weighted by atomic mass is 32.1. The van der Waals surface area contributed by atoms with E-state index in [1.807, 2.05) is 26.2 Å². The molecule has 2 aromatic heterocycles. The third kappa shape index (κ3) is 3.88. The van der Waals surface area contributed by atoms with E-state index in [0.29, 0.717) is 22.0 Å². The average Bonchev–Trinajstić information content (AvgIpc) is 2.94. The molecule has 0 N–H and O–H groups in total. The minimum atomic E-state index is -0.472. The summed E-state index contributed by atoms with van der Waals surface area (Å²) >= 11 is 1.38. The second-order valence-electron chi connectivity index (χ2n) is 5.85. The van der Waals surface area contributed by atoms with E-state index in [9.17, 15) is 9.59 Å². The number of hydrogen-bond acceptors (Lipinski definition) is 6. The zero-order valence-electron chi connectivity index (χ0n) is 14.2. The zero-order chi connectivity index (χ0) is 18.0. The number of ether oxygens (including phenoxy) is 2. The van der Waals surface area contributed by atoms with Crippen molar-refractivity contribution < 1.29 is 14.3 Å². The van der Waals surface area contributed by atoms with Crippen molar-refractivity contribution in [1.29, 1.82) is 0 Å². The van der Waals surface area contributed by atoms with Crippen molar-refractivity contribution in [3.05, 3.63) is 63.0 Å². The monoisotopic (exact) mass is 358 g/mol. The van der Waals surface area contributed by atoms with Crippen LogP contribution in [0.1, 0.15) is 35.6 Å². The van der Waals surface area contributed by atoms with E-state index >= 15 is 0 Å². The van der Waals surface area contributed by atoms with Gasteiger partial charge in [-0.3, -0.25) is 9.20 Å². The van der Waals surface area contributed by atoms with Gasteiger partial charge in [0.05, 0.1) is 17.4 Å². The number of thiazole rings is 1. The summed E-state index contributed by atoms with van der Waals surface area (Å²) in [5, 5.41) is 1.86. The van der Waals surface area contributed by atoms with Crippen molar-refractivity contribution in [3.63, 3.8) is 0 Å². The zero-order valence-corrected chi connectivity index (χ0v) is 15.0. The van der Waals surface area contributed by atoms with E-state index in [2.05, 4.69) is 4.98 Å². The fourth-order valence-electron chi connectivity index (χ4n) is 2.34. The minimum Gasteiger partial charge on any atom is -0.491 e. The van der Waals surface area contributed by atoms with Crippen LogP contribution in [0.25, 0.3) is 4.96 Å². The number of fused-ring (bicyclic) bond motifs is 1. The lowest BCUT2D eigenvalue weighted by Crippen LogP contribution is -2.16. The predicted molar refractivity (Wildman–Crippen MR) is 95.4 cm³/mol. The van der Waals surface area contributed by atoms with Crippen LogP contribution in [0.5, 0.6) is 5.75 Å². The van der Waals surface area contributed by atoms with E-state index in [1.165, 1.54) is 21.8 Å². The van der Waals surface area contributed by atoms with Crippen LogP contribution in [0, 0.1) is 6.92 Å². The third-order valence-electron chi connectivity index (χ3n) is 3.44. The molecule has 0 unspecified atom stereocenters. The van der Waals surface area contributed by atoms with Crippen LogP contribution in [0.4, 0.5) is 0 Å². The molecule has 2 heterocycles. The Balaban J connectivity index is 1.69. The van der Waals surface area contributed by atoms with Crippen molar-refractivity contribution in [1.82, 2.24) is 9.38 Å². The lowest BCUT2D eigenvalue weighted by atomic mass is 10.2. The van der Waals surface area contributed by atoms with Crippen molar-refractivity contribution in [2.45, 2.75) is 33.5 Å². The number of aromatic nitrogens is 2. The molecule has 130 valence electrons.